The number of aliphatic hydroxyl groups excluding tert-OH is 2. The van der Waals surface area contributed by atoms with E-state index in [9.17, 15) is 10.2 Å². The molecule has 3 unspecified atom stereocenters. The van der Waals surface area contributed by atoms with Gasteiger partial charge in [-0.05, 0) is 44.6 Å². The summed E-state index contributed by atoms with van der Waals surface area (Å²) in [6.07, 6.45) is 0.911. The van der Waals surface area contributed by atoms with Crippen LogP contribution in [-0.4, -0.2) is 54.4 Å². The van der Waals surface area contributed by atoms with Crippen molar-refractivity contribution in [1.82, 2.24) is 4.90 Å². The average molecular weight is 278 g/mol. The first kappa shape index (κ1) is 15.3. The summed E-state index contributed by atoms with van der Waals surface area (Å²) < 4.78 is 0. The van der Waals surface area contributed by atoms with Crippen molar-refractivity contribution in [3.8, 4) is 0 Å². The largest absolute Gasteiger partial charge is 0.391 e. The van der Waals surface area contributed by atoms with Crippen LogP contribution in [0.3, 0.4) is 0 Å². The van der Waals surface area contributed by atoms with E-state index in [-0.39, 0.29) is 12.2 Å². The van der Waals surface area contributed by atoms with Crippen molar-refractivity contribution in [2.24, 2.45) is 0 Å². The number of hydrogen-bond donors (Lipinski definition) is 2. The number of aliphatic hydroxyl groups is 2. The molecule has 2 rings (SSSR count). The van der Waals surface area contributed by atoms with Crippen molar-refractivity contribution in [1.29, 1.82) is 0 Å². The smallest absolute Gasteiger partial charge is 0.0787 e. The maximum atomic E-state index is 9.92. The Labute approximate surface area is 121 Å². The lowest BCUT2D eigenvalue weighted by Gasteiger charge is -2.29. The fourth-order valence-corrected chi connectivity index (χ4v) is 2.93. The standard InChI is InChI=1S/C16H26N2O2/c1-4-16(20)12-5-7-13(8-6-12)18-11-15(19)9-14(18)10-17(2)3/h5-8,14-16,19-20H,4,9-11H2,1-3H3. The first-order chi connectivity index (χ1) is 9.51. The molecule has 0 saturated carbocycles. The summed E-state index contributed by atoms with van der Waals surface area (Å²) in [6, 6.07) is 8.42. The Morgan fingerprint density at radius 2 is 1.95 bits per heavy atom. The van der Waals surface area contributed by atoms with E-state index in [0.717, 1.165) is 30.6 Å². The number of hydrogen-bond acceptors (Lipinski definition) is 4. The van der Waals surface area contributed by atoms with Crippen LogP contribution < -0.4 is 4.90 Å². The number of nitrogens with zero attached hydrogens (tertiary/aromatic N) is 2. The molecule has 0 amide bonds. The van der Waals surface area contributed by atoms with Gasteiger partial charge in [0.05, 0.1) is 12.2 Å². The normalized spacial score (nSPS) is 24.4. The van der Waals surface area contributed by atoms with Crippen LogP contribution >= 0.6 is 0 Å². The van der Waals surface area contributed by atoms with Gasteiger partial charge < -0.3 is 20.0 Å². The van der Waals surface area contributed by atoms with E-state index in [0.29, 0.717) is 12.6 Å². The third-order valence-electron chi connectivity index (χ3n) is 3.96. The van der Waals surface area contributed by atoms with Gasteiger partial charge >= 0.3 is 0 Å². The van der Waals surface area contributed by atoms with Gasteiger partial charge in [0, 0.05) is 24.8 Å². The van der Waals surface area contributed by atoms with E-state index in [1.54, 1.807) is 0 Å². The van der Waals surface area contributed by atoms with Gasteiger partial charge in [-0.1, -0.05) is 19.1 Å². The summed E-state index contributed by atoms with van der Waals surface area (Å²) in [4.78, 5) is 4.43. The molecular weight excluding hydrogens is 252 g/mol. The maximum Gasteiger partial charge on any atom is 0.0787 e. The van der Waals surface area contributed by atoms with E-state index < -0.39 is 0 Å². The second-order valence-electron chi connectivity index (χ2n) is 5.97. The highest BCUT2D eigenvalue weighted by Gasteiger charge is 2.31. The monoisotopic (exact) mass is 278 g/mol. The molecule has 0 spiro atoms. The molecule has 0 aromatic heterocycles. The maximum absolute atomic E-state index is 9.92. The van der Waals surface area contributed by atoms with Gasteiger partial charge in [-0.15, -0.1) is 0 Å². The SMILES string of the molecule is CCC(O)c1ccc(N2CC(O)CC2CN(C)C)cc1. The number of anilines is 1. The summed E-state index contributed by atoms with van der Waals surface area (Å²) in [5.74, 6) is 0. The van der Waals surface area contributed by atoms with E-state index in [2.05, 4.69) is 36.0 Å². The fourth-order valence-electron chi connectivity index (χ4n) is 2.93. The zero-order valence-electron chi connectivity index (χ0n) is 12.7. The Kier molecular flexibility index (Phi) is 5.02. The lowest BCUT2D eigenvalue weighted by molar-refractivity contribution is 0.173. The molecule has 1 saturated heterocycles. The quantitative estimate of drug-likeness (QED) is 0.859. The van der Waals surface area contributed by atoms with Crippen LogP contribution in [0.1, 0.15) is 31.4 Å². The molecule has 1 aliphatic heterocycles. The van der Waals surface area contributed by atoms with Gasteiger partial charge in [0.25, 0.3) is 0 Å². The minimum Gasteiger partial charge on any atom is -0.391 e. The van der Waals surface area contributed by atoms with Crippen LogP contribution in [0.15, 0.2) is 24.3 Å². The molecule has 1 fully saturated rings. The first-order valence-corrected chi connectivity index (χ1v) is 7.38. The second kappa shape index (κ2) is 6.57. The van der Waals surface area contributed by atoms with E-state index in [4.69, 9.17) is 0 Å². The van der Waals surface area contributed by atoms with Crippen molar-refractivity contribution in [3.05, 3.63) is 29.8 Å². The summed E-state index contributed by atoms with van der Waals surface area (Å²) in [5.41, 5.74) is 2.08. The minimum atomic E-state index is -0.384. The molecule has 0 radical (unpaired) electrons. The van der Waals surface area contributed by atoms with Gasteiger partial charge in [-0.25, -0.2) is 0 Å². The Hall–Kier alpha value is -1.10. The summed E-state index contributed by atoms with van der Waals surface area (Å²) >= 11 is 0. The highest BCUT2D eigenvalue weighted by Crippen LogP contribution is 2.28. The van der Waals surface area contributed by atoms with Gasteiger partial charge in [-0.3, -0.25) is 0 Å². The average Bonchev–Trinajstić information content (AvgIpc) is 2.78. The predicted molar refractivity (Wildman–Crippen MR) is 82.0 cm³/mol. The molecule has 0 aliphatic carbocycles. The van der Waals surface area contributed by atoms with Crippen molar-refractivity contribution in [2.75, 3.05) is 32.1 Å². The van der Waals surface area contributed by atoms with Crippen molar-refractivity contribution < 1.29 is 10.2 Å². The Balaban J connectivity index is 2.12. The zero-order chi connectivity index (χ0) is 14.7. The molecule has 112 valence electrons. The minimum absolute atomic E-state index is 0.249. The van der Waals surface area contributed by atoms with Crippen LogP contribution in [0, 0.1) is 0 Å². The fraction of sp³-hybridized carbons (Fsp3) is 0.625. The Morgan fingerprint density at radius 3 is 2.50 bits per heavy atom. The van der Waals surface area contributed by atoms with Crippen molar-refractivity contribution >= 4 is 5.69 Å². The number of rotatable bonds is 5. The van der Waals surface area contributed by atoms with Gasteiger partial charge in [0.15, 0.2) is 0 Å². The summed E-state index contributed by atoms with van der Waals surface area (Å²) in [6.45, 7) is 3.60. The molecule has 20 heavy (non-hydrogen) atoms. The van der Waals surface area contributed by atoms with Crippen molar-refractivity contribution in [2.45, 2.75) is 38.0 Å². The number of β-amino-alcohol motifs (C(OH)–C–C–N with tert-alkyl or cyclic N) is 1. The lowest BCUT2D eigenvalue weighted by atomic mass is 10.1. The summed E-state index contributed by atoms with van der Waals surface area (Å²) in [5, 5.41) is 19.8. The molecule has 3 atom stereocenters. The molecule has 1 aliphatic rings. The second-order valence-corrected chi connectivity index (χ2v) is 5.97. The molecule has 0 bridgehead atoms. The van der Waals surface area contributed by atoms with Crippen LogP contribution in [0.4, 0.5) is 5.69 Å². The van der Waals surface area contributed by atoms with Crippen LogP contribution in [0.2, 0.25) is 0 Å². The van der Waals surface area contributed by atoms with Crippen LogP contribution in [0.25, 0.3) is 0 Å². The van der Waals surface area contributed by atoms with E-state index in [1.807, 2.05) is 19.1 Å². The highest BCUT2D eigenvalue weighted by molar-refractivity contribution is 5.50. The highest BCUT2D eigenvalue weighted by atomic mass is 16.3. The molecule has 4 heteroatoms. The van der Waals surface area contributed by atoms with E-state index >= 15 is 0 Å². The molecule has 4 nitrogen and oxygen atoms in total. The molecule has 1 heterocycles. The predicted octanol–water partition coefficient (Wildman–Crippen LogP) is 1.63. The topological polar surface area (TPSA) is 46.9 Å². The summed E-state index contributed by atoms with van der Waals surface area (Å²) in [7, 11) is 4.12. The zero-order valence-corrected chi connectivity index (χ0v) is 12.7. The molecular formula is C16H26N2O2. The number of benzene rings is 1. The van der Waals surface area contributed by atoms with Crippen LogP contribution in [0.5, 0.6) is 0 Å². The van der Waals surface area contributed by atoms with Gasteiger partial charge in [0.2, 0.25) is 0 Å². The lowest BCUT2D eigenvalue weighted by Crippen LogP contribution is -2.37. The molecule has 2 N–H and O–H groups in total. The number of likely N-dealkylation sites (N-methyl/N-ethyl adjacent to an activating group) is 1. The molecule has 1 aromatic carbocycles. The van der Waals surface area contributed by atoms with Crippen LogP contribution in [-0.2, 0) is 0 Å². The van der Waals surface area contributed by atoms with Gasteiger partial charge in [0.1, 0.15) is 0 Å². The Bertz CT molecular complexity index is 419. The Morgan fingerprint density at radius 1 is 1.30 bits per heavy atom. The van der Waals surface area contributed by atoms with E-state index in [1.165, 1.54) is 0 Å². The molecule has 1 aromatic rings. The third kappa shape index (κ3) is 3.51. The first-order valence-electron chi connectivity index (χ1n) is 7.38. The van der Waals surface area contributed by atoms with Crippen molar-refractivity contribution in [3.63, 3.8) is 0 Å². The third-order valence-corrected chi connectivity index (χ3v) is 3.96. The van der Waals surface area contributed by atoms with Gasteiger partial charge in [-0.2, -0.15) is 0 Å².